The minimum atomic E-state index is -0.210. The number of hydrogen-bond acceptors (Lipinski definition) is 6. The molecule has 0 radical (unpaired) electrons. The lowest BCUT2D eigenvalue weighted by Gasteiger charge is -2.28. The van der Waals surface area contributed by atoms with E-state index in [4.69, 9.17) is 10.00 Å². The van der Waals surface area contributed by atoms with Gasteiger partial charge in [0, 0.05) is 30.2 Å². The van der Waals surface area contributed by atoms with Crippen LogP contribution >= 0.6 is 0 Å². The van der Waals surface area contributed by atoms with Crippen molar-refractivity contribution >= 4 is 28.9 Å². The van der Waals surface area contributed by atoms with Crippen molar-refractivity contribution in [3.05, 3.63) is 54.1 Å². The summed E-state index contributed by atoms with van der Waals surface area (Å²) in [6.45, 7) is 3.37. The van der Waals surface area contributed by atoms with Gasteiger partial charge in [-0.2, -0.15) is 5.26 Å². The molecule has 2 aromatic rings. The first kappa shape index (κ1) is 22.3. The fraction of sp³-hybridized carbons (Fsp3) is 0.348. The Morgan fingerprint density at radius 1 is 0.968 bits per heavy atom. The van der Waals surface area contributed by atoms with Gasteiger partial charge in [-0.1, -0.05) is 12.1 Å². The lowest BCUT2D eigenvalue weighted by Crippen LogP contribution is -2.36. The lowest BCUT2D eigenvalue weighted by molar-refractivity contribution is -0.119. The molecule has 0 spiro atoms. The number of carbonyl (C=O) groups is 2. The van der Waals surface area contributed by atoms with Crippen LogP contribution in [-0.2, 0) is 20.7 Å². The number of ether oxygens (including phenoxy) is 1. The van der Waals surface area contributed by atoms with Crippen molar-refractivity contribution in [3.63, 3.8) is 0 Å². The molecule has 0 unspecified atom stereocenters. The van der Waals surface area contributed by atoms with Gasteiger partial charge in [-0.25, -0.2) is 0 Å². The van der Waals surface area contributed by atoms with Gasteiger partial charge in [-0.15, -0.1) is 0 Å². The van der Waals surface area contributed by atoms with Crippen molar-refractivity contribution in [2.45, 2.75) is 6.42 Å². The van der Waals surface area contributed by atoms with Gasteiger partial charge in [0.2, 0.25) is 11.8 Å². The van der Waals surface area contributed by atoms with Crippen molar-refractivity contribution in [2.24, 2.45) is 0 Å². The number of rotatable bonds is 8. The molecule has 1 fully saturated rings. The van der Waals surface area contributed by atoms with Crippen LogP contribution in [0.25, 0.3) is 0 Å². The molecule has 8 heteroatoms. The highest BCUT2D eigenvalue weighted by molar-refractivity contribution is 5.94. The number of benzene rings is 2. The molecule has 2 N–H and O–H groups in total. The predicted molar refractivity (Wildman–Crippen MR) is 120 cm³/mol. The van der Waals surface area contributed by atoms with Crippen LogP contribution in [0.15, 0.2) is 48.5 Å². The Hall–Kier alpha value is -3.41. The van der Waals surface area contributed by atoms with E-state index in [1.54, 1.807) is 36.2 Å². The van der Waals surface area contributed by atoms with Gasteiger partial charge < -0.3 is 20.3 Å². The zero-order valence-electron chi connectivity index (χ0n) is 17.6. The fourth-order valence-corrected chi connectivity index (χ4v) is 3.32. The van der Waals surface area contributed by atoms with Crippen molar-refractivity contribution in [2.75, 3.05) is 62.0 Å². The summed E-state index contributed by atoms with van der Waals surface area (Å²) < 4.78 is 5.37. The first-order valence-electron chi connectivity index (χ1n) is 10.2. The number of morpholine rings is 1. The van der Waals surface area contributed by atoms with E-state index in [0.717, 1.165) is 43.2 Å². The topological polar surface area (TPSA) is 97.7 Å². The third kappa shape index (κ3) is 7.10. The van der Waals surface area contributed by atoms with Crippen molar-refractivity contribution in [3.8, 4) is 6.07 Å². The third-order valence-corrected chi connectivity index (χ3v) is 4.88. The predicted octanol–water partition coefficient (Wildman–Crippen LogP) is 2.10. The molecule has 2 aromatic carbocycles. The van der Waals surface area contributed by atoms with E-state index in [0.29, 0.717) is 12.1 Å². The minimum absolute atomic E-state index is 0.0866. The first-order chi connectivity index (χ1) is 15.0. The summed E-state index contributed by atoms with van der Waals surface area (Å²) in [5.41, 5.74) is 3.38. The summed E-state index contributed by atoms with van der Waals surface area (Å²) >= 11 is 0. The Kier molecular flexibility index (Phi) is 7.98. The number of nitrogens with one attached hydrogen (secondary N) is 2. The summed E-state index contributed by atoms with van der Waals surface area (Å²) in [5, 5.41) is 14.4. The van der Waals surface area contributed by atoms with Gasteiger partial charge in [0.05, 0.1) is 38.8 Å². The van der Waals surface area contributed by atoms with E-state index in [-0.39, 0.29) is 24.9 Å². The van der Waals surface area contributed by atoms with E-state index >= 15 is 0 Å². The van der Waals surface area contributed by atoms with Crippen LogP contribution in [0.5, 0.6) is 0 Å². The van der Waals surface area contributed by atoms with E-state index < -0.39 is 0 Å². The SMILES string of the molecule is CN(CC(=O)Nc1ccc(CC#N)cc1)CC(=O)Nc1ccc(N2CCOCC2)cc1. The molecule has 0 bridgehead atoms. The number of nitrogens with zero attached hydrogens (tertiary/aromatic N) is 3. The van der Waals surface area contributed by atoms with Crippen molar-refractivity contribution in [1.29, 1.82) is 5.26 Å². The monoisotopic (exact) mass is 421 g/mol. The van der Waals surface area contributed by atoms with E-state index in [1.807, 2.05) is 24.3 Å². The highest BCUT2D eigenvalue weighted by atomic mass is 16.5. The van der Waals surface area contributed by atoms with Crippen LogP contribution in [0.2, 0.25) is 0 Å². The number of amides is 2. The maximum absolute atomic E-state index is 12.3. The van der Waals surface area contributed by atoms with Crippen LogP contribution in [0.1, 0.15) is 5.56 Å². The number of nitriles is 1. The molecular formula is C23H27N5O3. The number of likely N-dealkylation sites (N-methyl/N-ethyl adjacent to an activating group) is 1. The molecule has 0 saturated carbocycles. The summed E-state index contributed by atoms with van der Waals surface area (Å²) in [6.07, 6.45) is 0.335. The largest absolute Gasteiger partial charge is 0.378 e. The normalized spacial score (nSPS) is 13.5. The molecule has 1 saturated heterocycles. The van der Waals surface area contributed by atoms with Crippen LogP contribution in [-0.4, -0.2) is 63.2 Å². The maximum atomic E-state index is 12.3. The zero-order valence-corrected chi connectivity index (χ0v) is 17.6. The molecule has 0 aliphatic carbocycles. The van der Waals surface area contributed by atoms with Gasteiger partial charge in [-0.05, 0) is 49.0 Å². The van der Waals surface area contributed by atoms with Gasteiger partial charge in [0.25, 0.3) is 0 Å². The second-order valence-electron chi connectivity index (χ2n) is 7.45. The number of carbonyl (C=O) groups excluding carboxylic acids is 2. The van der Waals surface area contributed by atoms with Crippen LogP contribution in [0.4, 0.5) is 17.1 Å². The summed E-state index contributed by atoms with van der Waals surface area (Å²) in [6, 6.07) is 17.0. The molecule has 31 heavy (non-hydrogen) atoms. The van der Waals surface area contributed by atoms with Crippen LogP contribution in [0.3, 0.4) is 0 Å². The highest BCUT2D eigenvalue weighted by Gasteiger charge is 2.13. The molecule has 0 aromatic heterocycles. The highest BCUT2D eigenvalue weighted by Crippen LogP contribution is 2.19. The Balaban J connectivity index is 1.42. The summed E-state index contributed by atoms with van der Waals surface area (Å²) in [5.74, 6) is -0.395. The average Bonchev–Trinajstić information content (AvgIpc) is 2.76. The second-order valence-corrected chi connectivity index (χ2v) is 7.45. The number of anilines is 3. The van der Waals surface area contributed by atoms with Gasteiger partial charge in [0.1, 0.15) is 0 Å². The smallest absolute Gasteiger partial charge is 0.238 e. The van der Waals surface area contributed by atoms with Crippen molar-refractivity contribution < 1.29 is 14.3 Å². The van der Waals surface area contributed by atoms with Crippen LogP contribution < -0.4 is 15.5 Å². The standard InChI is InChI=1S/C23H27N5O3/c1-27(16-22(29)25-19-4-2-18(3-5-19)10-11-24)17-23(30)26-20-6-8-21(9-7-20)28-12-14-31-15-13-28/h2-9H,10,12-17H2,1H3,(H,25,29)(H,26,30). The van der Waals surface area contributed by atoms with E-state index in [1.165, 1.54) is 0 Å². The fourth-order valence-electron chi connectivity index (χ4n) is 3.32. The molecule has 1 aliphatic rings. The second kappa shape index (κ2) is 11.1. The molecule has 2 amide bonds. The lowest BCUT2D eigenvalue weighted by atomic mass is 10.1. The van der Waals surface area contributed by atoms with Crippen molar-refractivity contribution in [1.82, 2.24) is 4.90 Å². The molecule has 8 nitrogen and oxygen atoms in total. The first-order valence-corrected chi connectivity index (χ1v) is 10.2. The maximum Gasteiger partial charge on any atom is 0.238 e. The van der Waals surface area contributed by atoms with Crippen LogP contribution in [0, 0.1) is 11.3 Å². The zero-order chi connectivity index (χ0) is 22.1. The Morgan fingerprint density at radius 2 is 1.48 bits per heavy atom. The number of hydrogen-bond donors (Lipinski definition) is 2. The Bertz CT molecular complexity index is 916. The third-order valence-electron chi connectivity index (χ3n) is 4.88. The summed E-state index contributed by atoms with van der Waals surface area (Å²) in [7, 11) is 1.72. The van der Waals surface area contributed by atoms with Gasteiger partial charge >= 0.3 is 0 Å². The van der Waals surface area contributed by atoms with Gasteiger partial charge in [0.15, 0.2) is 0 Å². The Morgan fingerprint density at radius 3 is 2.00 bits per heavy atom. The molecule has 1 aliphatic heterocycles. The minimum Gasteiger partial charge on any atom is -0.378 e. The summed E-state index contributed by atoms with van der Waals surface area (Å²) in [4.78, 5) is 28.4. The quantitative estimate of drug-likeness (QED) is 0.678. The Labute approximate surface area is 182 Å². The molecule has 3 rings (SSSR count). The average molecular weight is 422 g/mol. The van der Waals surface area contributed by atoms with E-state index in [2.05, 4.69) is 21.6 Å². The molecule has 0 atom stereocenters. The molecular weight excluding hydrogens is 394 g/mol. The van der Waals surface area contributed by atoms with E-state index in [9.17, 15) is 9.59 Å². The molecule has 1 heterocycles. The molecule has 162 valence electrons. The van der Waals surface area contributed by atoms with Gasteiger partial charge in [-0.3, -0.25) is 14.5 Å².